The van der Waals surface area contributed by atoms with Crippen LogP contribution in [0.25, 0.3) is 11.3 Å². The molecule has 0 unspecified atom stereocenters. The summed E-state index contributed by atoms with van der Waals surface area (Å²) in [4.78, 5) is 30.8. The first-order valence-electron chi connectivity index (χ1n) is 9.73. The Hall–Kier alpha value is -3.77. The van der Waals surface area contributed by atoms with Crippen LogP contribution in [0.1, 0.15) is 20.8 Å². The molecule has 1 N–H and O–H groups in total. The van der Waals surface area contributed by atoms with Gasteiger partial charge in [-0.15, -0.1) is 0 Å². The van der Waals surface area contributed by atoms with Crippen molar-refractivity contribution >= 4 is 28.2 Å². The van der Waals surface area contributed by atoms with Gasteiger partial charge in [-0.1, -0.05) is 84.1 Å². The molecule has 6 heteroatoms. The first kappa shape index (κ1) is 20.5. The fraction of sp³-hybridized carbons (Fsp3) is 0.0800. The number of rotatable bonds is 7. The number of benzene rings is 3. The molecule has 0 spiro atoms. The molecular formula is C25H20N2O3S. The van der Waals surface area contributed by atoms with E-state index in [0.717, 1.165) is 16.9 Å². The van der Waals surface area contributed by atoms with Gasteiger partial charge in [0.05, 0.1) is 19.2 Å². The van der Waals surface area contributed by atoms with Crippen molar-refractivity contribution in [2.24, 2.45) is 0 Å². The number of hydrogen-bond acceptors (Lipinski definition) is 5. The molecule has 1 aromatic heterocycles. The molecule has 0 fully saturated rings. The number of aromatic nitrogens is 1. The minimum Gasteiger partial charge on any atom is -0.497 e. The van der Waals surface area contributed by atoms with E-state index in [-0.39, 0.29) is 18.1 Å². The summed E-state index contributed by atoms with van der Waals surface area (Å²) in [6.45, 7) is 0. The molecule has 0 saturated carbocycles. The number of amides is 1. The van der Waals surface area contributed by atoms with Crippen molar-refractivity contribution in [3.63, 3.8) is 0 Å². The van der Waals surface area contributed by atoms with E-state index in [1.807, 2.05) is 72.8 Å². The number of carbonyl (C=O) groups is 2. The fourth-order valence-electron chi connectivity index (χ4n) is 3.13. The zero-order valence-electron chi connectivity index (χ0n) is 16.9. The van der Waals surface area contributed by atoms with Gasteiger partial charge < -0.3 is 10.1 Å². The molecule has 0 bridgehead atoms. The van der Waals surface area contributed by atoms with Crippen molar-refractivity contribution in [2.75, 3.05) is 12.4 Å². The first-order valence-corrected chi connectivity index (χ1v) is 10.5. The summed E-state index contributed by atoms with van der Waals surface area (Å²) in [6.07, 6.45) is 0.201. The number of carbonyl (C=O) groups excluding carboxylic acids is 2. The maximum atomic E-state index is 13.1. The summed E-state index contributed by atoms with van der Waals surface area (Å²) in [5.74, 6) is 0.422. The number of ketones is 1. The summed E-state index contributed by atoms with van der Waals surface area (Å²) in [5.41, 5.74) is 2.84. The van der Waals surface area contributed by atoms with Gasteiger partial charge in [0.25, 0.3) is 0 Å². The third kappa shape index (κ3) is 4.87. The van der Waals surface area contributed by atoms with E-state index in [0.29, 0.717) is 21.3 Å². The highest BCUT2D eigenvalue weighted by atomic mass is 32.1. The fourth-order valence-corrected chi connectivity index (χ4v) is 4.10. The lowest BCUT2D eigenvalue weighted by molar-refractivity contribution is -0.115. The summed E-state index contributed by atoms with van der Waals surface area (Å²) in [7, 11) is 1.60. The first-order chi connectivity index (χ1) is 15.1. The second kappa shape index (κ2) is 9.36. The van der Waals surface area contributed by atoms with Crippen LogP contribution < -0.4 is 10.1 Å². The molecule has 4 aromatic rings. The average Bonchev–Trinajstić information content (AvgIpc) is 3.23. The third-order valence-corrected chi connectivity index (χ3v) is 5.66. The molecule has 31 heavy (non-hydrogen) atoms. The van der Waals surface area contributed by atoms with Gasteiger partial charge in [0.2, 0.25) is 11.7 Å². The van der Waals surface area contributed by atoms with Crippen molar-refractivity contribution < 1.29 is 14.3 Å². The van der Waals surface area contributed by atoms with Gasteiger partial charge in [0.1, 0.15) is 10.6 Å². The normalized spacial score (nSPS) is 10.5. The van der Waals surface area contributed by atoms with Gasteiger partial charge in [-0.3, -0.25) is 9.59 Å². The highest BCUT2D eigenvalue weighted by Crippen LogP contribution is 2.33. The number of hydrogen-bond donors (Lipinski definition) is 1. The number of nitrogens with zero attached hydrogens (tertiary/aromatic N) is 1. The zero-order valence-corrected chi connectivity index (χ0v) is 17.7. The Balaban J connectivity index is 1.60. The van der Waals surface area contributed by atoms with Crippen LogP contribution in [-0.4, -0.2) is 23.8 Å². The number of methoxy groups -OCH3 is 1. The number of ether oxygens (including phenoxy) is 1. The van der Waals surface area contributed by atoms with Crippen LogP contribution in [0.15, 0.2) is 84.9 Å². The predicted octanol–water partition coefficient (Wildman–Crippen LogP) is 5.23. The monoisotopic (exact) mass is 428 g/mol. The Bertz CT molecular complexity index is 1190. The summed E-state index contributed by atoms with van der Waals surface area (Å²) >= 11 is 1.19. The van der Waals surface area contributed by atoms with Crippen LogP contribution in [-0.2, 0) is 11.2 Å². The summed E-state index contributed by atoms with van der Waals surface area (Å²) in [5, 5.41) is 3.24. The van der Waals surface area contributed by atoms with Crippen LogP contribution in [0.2, 0.25) is 0 Å². The SMILES string of the molecule is COc1ccc(CC(=O)Nc2nc(-c3ccccc3)c(C(=O)c3ccccc3)s2)cc1. The molecule has 1 heterocycles. The zero-order chi connectivity index (χ0) is 21.6. The maximum absolute atomic E-state index is 13.1. The Morgan fingerprint density at radius 1 is 0.903 bits per heavy atom. The second-order valence-electron chi connectivity index (χ2n) is 6.83. The Morgan fingerprint density at radius 3 is 2.19 bits per heavy atom. The number of nitrogens with one attached hydrogen (secondary N) is 1. The Labute approximate surface area is 184 Å². The van der Waals surface area contributed by atoms with Gasteiger partial charge in [-0.05, 0) is 17.7 Å². The van der Waals surface area contributed by atoms with Crippen molar-refractivity contribution in [3.05, 3.63) is 101 Å². The van der Waals surface area contributed by atoms with Gasteiger partial charge in [0.15, 0.2) is 5.13 Å². The smallest absolute Gasteiger partial charge is 0.230 e. The van der Waals surface area contributed by atoms with E-state index in [9.17, 15) is 9.59 Å². The highest BCUT2D eigenvalue weighted by molar-refractivity contribution is 7.18. The maximum Gasteiger partial charge on any atom is 0.230 e. The van der Waals surface area contributed by atoms with Crippen molar-refractivity contribution in [2.45, 2.75) is 6.42 Å². The molecule has 0 atom stereocenters. The number of thiazole rings is 1. The summed E-state index contributed by atoms with van der Waals surface area (Å²) in [6, 6.07) is 25.9. The van der Waals surface area contributed by atoms with E-state index in [1.54, 1.807) is 19.2 Å². The second-order valence-corrected chi connectivity index (χ2v) is 7.83. The van der Waals surface area contributed by atoms with Gasteiger partial charge in [0, 0.05) is 11.1 Å². The molecule has 0 radical (unpaired) electrons. The standard InChI is InChI=1S/C25H20N2O3S/c1-30-20-14-12-17(13-15-20)16-21(28)26-25-27-22(18-8-4-2-5-9-18)24(31-25)23(29)19-10-6-3-7-11-19/h2-15H,16H2,1H3,(H,26,27,28). The van der Waals surface area contributed by atoms with E-state index in [1.165, 1.54) is 11.3 Å². The van der Waals surface area contributed by atoms with Crippen LogP contribution in [0, 0.1) is 0 Å². The Kier molecular flexibility index (Phi) is 6.19. The van der Waals surface area contributed by atoms with Gasteiger partial charge in [-0.25, -0.2) is 4.98 Å². The van der Waals surface area contributed by atoms with Gasteiger partial charge in [-0.2, -0.15) is 0 Å². The lowest BCUT2D eigenvalue weighted by atomic mass is 10.1. The topological polar surface area (TPSA) is 68.3 Å². The Morgan fingerprint density at radius 2 is 1.55 bits per heavy atom. The largest absolute Gasteiger partial charge is 0.497 e. The lowest BCUT2D eigenvalue weighted by Gasteiger charge is -2.03. The van der Waals surface area contributed by atoms with Crippen LogP contribution in [0.3, 0.4) is 0 Å². The molecule has 154 valence electrons. The van der Waals surface area contributed by atoms with Crippen LogP contribution in [0.5, 0.6) is 5.75 Å². The van der Waals surface area contributed by atoms with Crippen LogP contribution in [0.4, 0.5) is 5.13 Å². The molecule has 0 aliphatic heterocycles. The molecule has 1 amide bonds. The van der Waals surface area contributed by atoms with E-state index < -0.39 is 0 Å². The molecule has 3 aromatic carbocycles. The van der Waals surface area contributed by atoms with Crippen molar-refractivity contribution in [1.82, 2.24) is 4.98 Å². The summed E-state index contributed by atoms with van der Waals surface area (Å²) < 4.78 is 5.15. The van der Waals surface area contributed by atoms with E-state index in [2.05, 4.69) is 10.3 Å². The van der Waals surface area contributed by atoms with Crippen molar-refractivity contribution in [3.8, 4) is 17.0 Å². The molecule has 5 nitrogen and oxygen atoms in total. The van der Waals surface area contributed by atoms with E-state index in [4.69, 9.17) is 4.74 Å². The van der Waals surface area contributed by atoms with Crippen LogP contribution >= 0.6 is 11.3 Å². The van der Waals surface area contributed by atoms with E-state index >= 15 is 0 Å². The molecule has 0 aliphatic carbocycles. The highest BCUT2D eigenvalue weighted by Gasteiger charge is 2.21. The average molecular weight is 429 g/mol. The third-order valence-electron chi connectivity index (χ3n) is 4.69. The minimum atomic E-state index is -0.197. The lowest BCUT2D eigenvalue weighted by Crippen LogP contribution is -2.14. The molecule has 0 saturated heterocycles. The minimum absolute atomic E-state index is 0.118. The number of anilines is 1. The predicted molar refractivity (Wildman–Crippen MR) is 123 cm³/mol. The molecule has 4 rings (SSSR count). The van der Waals surface area contributed by atoms with Crippen molar-refractivity contribution in [1.29, 1.82) is 0 Å². The quantitative estimate of drug-likeness (QED) is 0.409. The van der Waals surface area contributed by atoms with Gasteiger partial charge >= 0.3 is 0 Å². The molecular weight excluding hydrogens is 408 g/mol. The molecule has 0 aliphatic rings.